The summed E-state index contributed by atoms with van der Waals surface area (Å²) in [4.78, 5) is 20.5. The Labute approximate surface area is 63.2 Å². The van der Waals surface area contributed by atoms with Gasteiger partial charge in [-0.25, -0.2) is 9.18 Å². The molecule has 0 spiro atoms. The van der Waals surface area contributed by atoms with Crippen molar-refractivity contribution < 1.29 is 19.1 Å². The SMILES string of the molecule is CCC[C@@](F)(C(N)=O)C(=O)O. The third-order valence-corrected chi connectivity index (χ3v) is 1.32. The molecule has 11 heavy (non-hydrogen) atoms. The molecule has 0 saturated heterocycles. The number of carbonyl (C=O) groups is 2. The van der Waals surface area contributed by atoms with Crippen molar-refractivity contribution in [2.24, 2.45) is 5.73 Å². The number of rotatable bonds is 4. The number of hydrogen-bond acceptors (Lipinski definition) is 2. The second kappa shape index (κ2) is 3.32. The quantitative estimate of drug-likeness (QED) is 0.575. The maximum Gasteiger partial charge on any atom is 0.351 e. The molecule has 1 atom stereocenters. The maximum absolute atomic E-state index is 13.0. The van der Waals surface area contributed by atoms with Gasteiger partial charge in [0, 0.05) is 6.42 Å². The molecule has 0 saturated carbocycles. The van der Waals surface area contributed by atoms with Crippen LogP contribution in [-0.2, 0) is 9.59 Å². The first-order valence-electron chi connectivity index (χ1n) is 3.17. The van der Waals surface area contributed by atoms with E-state index in [9.17, 15) is 14.0 Å². The standard InChI is InChI=1S/C6H10FNO3/c1-2-3-6(7,4(8)9)5(10)11/h2-3H2,1H3,(H2,8,9)(H,10,11)/t6-/m1/s1. The highest BCUT2D eigenvalue weighted by Gasteiger charge is 2.44. The largest absolute Gasteiger partial charge is 0.478 e. The van der Waals surface area contributed by atoms with E-state index in [4.69, 9.17) is 5.11 Å². The van der Waals surface area contributed by atoms with Crippen LogP contribution in [-0.4, -0.2) is 22.7 Å². The molecule has 0 radical (unpaired) electrons. The Morgan fingerprint density at radius 3 is 2.18 bits per heavy atom. The Hall–Kier alpha value is -1.13. The van der Waals surface area contributed by atoms with E-state index in [2.05, 4.69) is 5.73 Å². The molecule has 64 valence electrons. The van der Waals surface area contributed by atoms with Crippen molar-refractivity contribution in [3.63, 3.8) is 0 Å². The van der Waals surface area contributed by atoms with Crippen LogP contribution >= 0.6 is 0 Å². The number of amides is 1. The Morgan fingerprint density at radius 2 is 2.09 bits per heavy atom. The predicted octanol–water partition coefficient (Wildman–Crippen LogP) is 0.0647. The second-order valence-corrected chi connectivity index (χ2v) is 2.22. The molecule has 0 aliphatic heterocycles. The van der Waals surface area contributed by atoms with Crippen LogP contribution in [0.15, 0.2) is 0 Å². The molecule has 0 aromatic carbocycles. The van der Waals surface area contributed by atoms with Gasteiger partial charge in [-0.05, 0) is 0 Å². The number of carbonyl (C=O) groups excluding carboxylic acids is 1. The van der Waals surface area contributed by atoms with Crippen molar-refractivity contribution in [2.45, 2.75) is 25.4 Å². The highest BCUT2D eigenvalue weighted by molar-refractivity contribution is 6.04. The lowest BCUT2D eigenvalue weighted by molar-refractivity contribution is -0.157. The smallest absolute Gasteiger partial charge is 0.351 e. The molecule has 0 bridgehead atoms. The molecule has 0 fully saturated rings. The van der Waals surface area contributed by atoms with Crippen LogP contribution in [0.25, 0.3) is 0 Å². The summed E-state index contributed by atoms with van der Waals surface area (Å²) in [6.45, 7) is 1.57. The fraction of sp³-hybridized carbons (Fsp3) is 0.667. The Bertz CT molecular complexity index is 167. The van der Waals surface area contributed by atoms with Crippen LogP contribution in [0.3, 0.4) is 0 Å². The van der Waals surface area contributed by atoms with Crippen molar-refractivity contribution in [3.8, 4) is 0 Å². The third kappa shape index (κ3) is 1.89. The molecule has 0 rings (SSSR count). The number of halogens is 1. The van der Waals surface area contributed by atoms with Crippen LogP contribution in [0.1, 0.15) is 19.8 Å². The average Bonchev–Trinajstić information content (AvgIpc) is 1.87. The normalized spacial score (nSPS) is 15.5. The van der Waals surface area contributed by atoms with Gasteiger partial charge >= 0.3 is 5.97 Å². The van der Waals surface area contributed by atoms with Crippen molar-refractivity contribution in [1.82, 2.24) is 0 Å². The zero-order valence-electron chi connectivity index (χ0n) is 6.13. The number of primary amides is 1. The minimum atomic E-state index is -2.89. The number of nitrogens with two attached hydrogens (primary N) is 1. The highest BCUT2D eigenvalue weighted by Crippen LogP contribution is 2.17. The summed E-state index contributed by atoms with van der Waals surface area (Å²) in [6.07, 6.45) is -0.122. The van der Waals surface area contributed by atoms with Crippen LogP contribution in [0.4, 0.5) is 4.39 Å². The molecular weight excluding hydrogens is 153 g/mol. The van der Waals surface area contributed by atoms with Gasteiger partial charge in [0.15, 0.2) is 0 Å². The first-order chi connectivity index (χ1) is 4.95. The van der Waals surface area contributed by atoms with Gasteiger partial charge < -0.3 is 10.8 Å². The van der Waals surface area contributed by atoms with Gasteiger partial charge in [-0.3, -0.25) is 4.79 Å². The number of carboxylic acids is 1. The molecule has 4 nitrogen and oxygen atoms in total. The third-order valence-electron chi connectivity index (χ3n) is 1.32. The van der Waals surface area contributed by atoms with E-state index in [-0.39, 0.29) is 12.8 Å². The summed E-state index contributed by atoms with van der Waals surface area (Å²) in [7, 11) is 0. The van der Waals surface area contributed by atoms with Crippen LogP contribution in [0.5, 0.6) is 0 Å². The Kier molecular flexibility index (Phi) is 2.98. The van der Waals surface area contributed by atoms with Crippen molar-refractivity contribution >= 4 is 11.9 Å². The minimum absolute atomic E-state index is 0.256. The monoisotopic (exact) mass is 163 g/mol. The van der Waals surface area contributed by atoms with Crippen molar-refractivity contribution in [2.75, 3.05) is 0 Å². The predicted molar refractivity (Wildman–Crippen MR) is 35.6 cm³/mol. The van der Waals surface area contributed by atoms with Crippen LogP contribution in [0, 0.1) is 0 Å². The molecule has 0 aromatic rings. The van der Waals surface area contributed by atoms with Gasteiger partial charge in [-0.2, -0.15) is 0 Å². The molecule has 5 heteroatoms. The average molecular weight is 163 g/mol. The molecule has 0 aliphatic carbocycles. The van der Waals surface area contributed by atoms with Crippen LogP contribution < -0.4 is 5.73 Å². The molecule has 3 N–H and O–H groups in total. The van der Waals surface area contributed by atoms with E-state index in [0.29, 0.717) is 0 Å². The summed E-state index contributed by atoms with van der Waals surface area (Å²) in [5.41, 5.74) is 1.67. The Balaban J connectivity index is 4.52. The molecule has 0 aliphatic rings. The molecule has 0 unspecified atom stereocenters. The number of aliphatic carboxylic acids is 1. The number of carboxylic acid groups (broad SMARTS) is 1. The van der Waals surface area contributed by atoms with Gasteiger partial charge in [-0.15, -0.1) is 0 Å². The van der Waals surface area contributed by atoms with E-state index >= 15 is 0 Å². The summed E-state index contributed by atoms with van der Waals surface area (Å²) >= 11 is 0. The molecular formula is C6H10FNO3. The summed E-state index contributed by atoms with van der Waals surface area (Å²) in [5.74, 6) is -3.25. The van der Waals surface area contributed by atoms with E-state index in [0.717, 1.165) is 0 Å². The second-order valence-electron chi connectivity index (χ2n) is 2.22. The lowest BCUT2D eigenvalue weighted by Crippen LogP contribution is -2.46. The fourth-order valence-corrected chi connectivity index (χ4v) is 0.680. The zero-order valence-corrected chi connectivity index (χ0v) is 6.13. The zero-order chi connectivity index (χ0) is 9.07. The highest BCUT2D eigenvalue weighted by atomic mass is 19.1. The minimum Gasteiger partial charge on any atom is -0.478 e. The maximum atomic E-state index is 13.0. The lowest BCUT2D eigenvalue weighted by Gasteiger charge is -2.14. The van der Waals surface area contributed by atoms with E-state index in [1.54, 1.807) is 6.92 Å². The van der Waals surface area contributed by atoms with E-state index < -0.39 is 17.5 Å². The topological polar surface area (TPSA) is 80.4 Å². The summed E-state index contributed by atoms with van der Waals surface area (Å²) in [6, 6.07) is 0. The fourth-order valence-electron chi connectivity index (χ4n) is 0.680. The van der Waals surface area contributed by atoms with Crippen LogP contribution in [0.2, 0.25) is 0 Å². The number of alkyl halides is 1. The Morgan fingerprint density at radius 1 is 1.64 bits per heavy atom. The molecule has 0 heterocycles. The van der Waals surface area contributed by atoms with Crippen molar-refractivity contribution in [1.29, 1.82) is 0 Å². The summed E-state index contributed by atoms with van der Waals surface area (Å²) < 4.78 is 13.0. The van der Waals surface area contributed by atoms with Gasteiger partial charge in [0.25, 0.3) is 11.6 Å². The lowest BCUT2D eigenvalue weighted by atomic mass is 10.00. The molecule has 0 aromatic heterocycles. The summed E-state index contributed by atoms with van der Waals surface area (Å²) in [5, 5.41) is 8.26. The van der Waals surface area contributed by atoms with Gasteiger partial charge in [0.05, 0.1) is 0 Å². The van der Waals surface area contributed by atoms with E-state index in [1.165, 1.54) is 0 Å². The van der Waals surface area contributed by atoms with Gasteiger partial charge in [0.1, 0.15) is 0 Å². The van der Waals surface area contributed by atoms with Crippen molar-refractivity contribution in [3.05, 3.63) is 0 Å². The molecule has 1 amide bonds. The van der Waals surface area contributed by atoms with Gasteiger partial charge in [0.2, 0.25) is 0 Å². The van der Waals surface area contributed by atoms with Gasteiger partial charge in [-0.1, -0.05) is 13.3 Å². The number of hydrogen-bond donors (Lipinski definition) is 2. The first kappa shape index (κ1) is 9.87. The van der Waals surface area contributed by atoms with E-state index in [1.807, 2.05) is 0 Å². The first-order valence-corrected chi connectivity index (χ1v) is 3.17.